The molecule has 0 unspecified atom stereocenters. The molecule has 0 saturated carbocycles. The molecule has 0 fully saturated rings. The van der Waals surface area contributed by atoms with E-state index >= 15 is 0 Å². The van der Waals surface area contributed by atoms with Gasteiger partial charge in [0.25, 0.3) is 0 Å². The van der Waals surface area contributed by atoms with Gasteiger partial charge < -0.3 is 4.74 Å². The summed E-state index contributed by atoms with van der Waals surface area (Å²) in [5.74, 6) is -1.53. The number of hydrogen-bond acceptors (Lipinski definition) is 1. The lowest BCUT2D eigenvalue weighted by Crippen LogP contribution is -2.00. The molecule has 0 spiro atoms. The van der Waals surface area contributed by atoms with E-state index in [1.807, 2.05) is 6.07 Å². The largest absolute Gasteiger partial charge is 0.489 e. The molecule has 3 aromatic carbocycles. The van der Waals surface area contributed by atoms with E-state index in [9.17, 15) is 13.2 Å². The summed E-state index contributed by atoms with van der Waals surface area (Å²) in [6.07, 6.45) is 0. The maximum Gasteiger partial charge on any atom is 0.165 e. The third kappa shape index (κ3) is 3.43. The molecule has 0 amide bonds. The number of aryl methyl sites for hydroxylation is 1. The quantitative estimate of drug-likeness (QED) is 0.600. The predicted molar refractivity (Wildman–Crippen MR) is 87.3 cm³/mol. The van der Waals surface area contributed by atoms with Crippen molar-refractivity contribution in [1.82, 2.24) is 0 Å². The van der Waals surface area contributed by atoms with Crippen molar-refractivity contribution in [2.75, 3.05) is 0 Å². The molecule has 0 aromatic heterocycles. The van der Waals surface area contributed by atoms with Crippen molar-refractivity contribution in [2.24, 2.45) is 0 Å². The van der Waals surface area contributed by atoms with Gasteiger partial charge in [-0.2, -0.15) is 0 Å². The molecule has 0 aliphatic heterocycles. The van der Waals surface area contributed by atoms with Crippen molar-refractivity contribution in [1.29, 1.82) is 0 Å². The third-order valence-corrected chi connectivity index (χ3v) is 3.79. The fourth-order valence-electron chi connectivity index (χ4n) is 2.34. The first-order valence-corrected chi connectivity index (χ1v) is 7.47. The number of hydrogen-bond donors (Lipinski definition) is 0. The molecule has 24 heavy (non-hydrogen) atoms. The lowest BCUT2D eigenvalue weighted by Gasteiger charge is -2.09. The van der Waals surface area contributed by atoms with Gasteiger partial charge in [0.1, 0.15) is 18.2 Å². The van der Waals surface area contributed by atoms with Crippen molar-refractivity contribution < 1.29 is 17.9 Å². The van der Waals surface area contributed by atoms with Gasteiger partial charge in [0, 0.05) is 5.56 Å². The van der Waals surface area contributed by atoms with Gasteiger partial charge >= 0.3 is 0 Å². The topological polar surface area (TPSA) is 9.23 Å². The van der Waals surface area contributed by atoms with Crippen LogP contribution in [0.3, 0.4) is 0 Å². The minimum Gasteiger partial charge on any atom is -0.489 e. The van der Waals surface area contributed by atoms with Crippen LogP contribution in [0.15, 0.2) is 60.7 Å². The summed E-state index contributed by atoms with van der Waals surface area (Å²) >= 11 is 0. The molecular formula is C20H15F3O. The number of rotatable bonds is 4. The standard InChI is InChI=1S/C20H15F3O/c1-13-5-6-15(11-19(13)22)14-7-9-17(10-8-14)24-12-16-3-2-4-18(21)20(16)23/h2-11H,12H2,1H3. The van der Waals surface area contributed by atoms with Crippen LogP contribution in [-0.4, -0.2) is 0 Å². The van der Waals surface area contributed by atoms with Crippen molar-refractivity contribution >= 4 is 0 Å². The average Bonchev–Trinajstić information content (AvgIpc) is 2.59. The van der Waals surface area contributed by atoms with Crippen molar-refractivity contribution in [3.05, 3.63) is 89.2 Å². The zero-order chi connectivity index (χ0) is 17.1. The van der Waals surface area contributed by atoms with Crippen LogP contribution in [0.5, 0.6) is 5.75 Å². The average molecular weight is 328 g/mol. The SMILES string of the molecule is Cc1ccc(-c2ccc(OCc3cccc(F)c3F)cc2)cc1F. The van der Waals surface area contributed by atoms with E-state index < -0.39 is 11.6 Å². The first-order valence-electron chi connectivity index (χ1n) is 7.47. The van der Waals surface area contributed by atoms with Gasteiger partial charge in [0.15, 0.2) is 11.6 Å². The lowest BCUT2D eigenvalue weighted by atomic mass is 10.0. The molecule has 122 valence electrons. The maximum absolute atomic E-state index is 13.6. The van der Waals surface area contributed by atoms with Crippen LogP contribution in [0, 0.1) is 24.4 Å². The number of benzene rings is 3. The van der Waals surface area contributed by atoms with E-state index in [0.29, 0.717) is 11.3 Å². The summed E-state index contributed by atoms with van der Waals surface area (Å²) < 4.78 is 45.8. The van der Waals surface area contributed by atoms with Gasteiger partial charge in [-0.25, -0.2) is 13.2 Å². The molecule has 0 heterocycles. The van der Waals surface area contributed by atoms with Crippen LogP contribution in [-0.2, 0) is 6.61 Å². The zero-order valence-corrected chi connectivity index (χ0v) is 13.0. The molecule has 3 aromatic rings. The van der Waals surface area contributed by atoms with Gasteiger partial charge in [-0.05, 0) is 47.9 Å². The Bertz CT molecular complexity index is 857. The number of ether oxygens (including phenoxy) is 1. The van der Waals surface area contributed by atoms with E-state index in [0.717, 1.165) is 17.2 Å². The lowest BCUT2D eigenvalue weighted by molar-refractivity contribution is 0.297. The molecule has 4 heteroatoms. The minimum atomic E-state index is -0.899. The highest BCUT2D eigenvalue weighted by Crippen LogP contribution is 2.25. The zero-order valence-electron chi connectivity index (χ0n) is 13.0. The normalized spacial score (nSPS) is 10.7. The van der Waals surface area contributed by atoms with Crippen LogP contribution < -0.4 is 4.74 Å². The van der Waals surface area contributed by atoms with Crippen LogP contribution in [0.1, 0.15) is 11.1 Å². The van der Waals surface area contributed by atoms with Gasteiger partial charge in [-0.1, -0.05) is 36.4 Å². The Labute approximate surface area is 138 Å². The van der Waals surface area contributed by atoms with Crippen LogP contribution in [0.2, 0.25) is 0 Å². The monoisotopic (exact) mass is 328 g/mol. The van der Waals surface area contributed by atoms with E-state index in [4.69, 9.17) is 4.74 Å². The Kier molecular flexibility index (Phi) is 4.56. The van der Waals surface area contributed by atoms with Crippen molar-refractivity contribution in [2.45, 2.75) is 13.5 Å². The molecule has 0 saturated heterocycles. The summed E-state index contributed by atoms with van der Waals surface area (Å²) in [5, 5.41) is 0. The number of halogens is 3. The van der Waals surface area contributed by atoms with E-state index in [1.165, 1.54) is 18.2 Å². The predicted octanol–water partition coefficient (Wildman–Crippen LogP) is 5.66. The summed E-state index contributed by atoms with van der Waals surface area (Å²) in [5.41, 5.74) is 2.36. The Morgan fingerprint density at radius 2 is 1.50 bits per heavy atom. The Hall–Kier alpha value is -2.75. The minimum absolute atomic E-state index is 0.0674. The Balaban J connectivity index is 1.72. The molecule has 0 aliphatic carbocycles. The molecule has 0 aliphatic rings. The van der Waals surface area contributed by atoms with E-state index in [-0.39, 0.29) is 18.0 Å². The van der Waals surface area contributed by atoms with Gasteiger partial charge in [0.2, 0.25) is 0 Å². The maximum atomic E-state index is 13.6. The Morgan fingerprint density at radius 3 is 2.21 bits per heavy atom. The van der Waals surface area contributed by atoms with Gasteiger partial charge in [0.05, 0.1) is 0 Å². The Morgan fingerprint density at radius 1 is 0.792 bits per heavy atom. The second-order valence-corrected chi connectivity index (χ2v) is 5.49. The summed E-state index contributed by atoms with van der Waals surface area (Å²) in [6, 6.07) is 16.0. The fourth-order valence-corrected chi connectivity index (χ4v) is 2.34. The summed E-state index contributed by atoms with van der Waals surface area (Å²) in [7, 11) is 0. The second kappa shape index (κ2) is 6.79. The van der Waals surface area contributed by atoms with E-state index in [2.05, 4.69) is 0 Å². The smallest absolute Gasteiger partial charge is 0.165 e. The molecule has 0 radical (unpaired) electrons. The van der Waals surface area contributed by atoms with Crippen LogP contribution in [0.4, 0.5) is 13.2 Å². The van der Waals surface area contributed by atoms with Gasteiger partial charge in [-0.3, -0.25) is 0 Å². The highest BCUT2D eigenvalue weighted by Gasteiger charge is 2.08. The van der Waals surface area contributed by atoms with Gasteiger partial charge in [-0.15, -0.1) is 0 Å². The molecule has 1 nitrogen and oxygen atoms in total. The van der Waals surface area contributed by atoms with E-state index in [1.54, 1.807) is 37.3 Å². The van der Waals surface area contributed by atoms with Crippen molar-refractivity contribution in [3.63, 3.8) is 0 Å². The summed E-state index contributed by atoms with van der Waals surface area (Å²) in [6.45, 7) is 1.64. The second-order valence-electron chi connectivity index (χ2n) is 5.49. The molecule has 0 atom stereocenters. The molecule has 0 N–H and O–H groups in total. The first kappa shape index (κ1) is 16.1. The molecule has 3 rings (SSSR count). The molecule has 0 bridgehead atoms. The van der Waals surface area contributed by atoms with Crippen LogP contribution >= 0.6 is 0 Å². The highest BCUT2D eigenvalue weighted by atomic mass is 19.2. The highest BCUT2D eigenvalue weighted by molar-refractivity contribution is 5.64. The van der Waals surface area contributed by atoms with Crippen molar-refractivity contribution in [3.8, 4) is 16.9 Å². The van der Waals surface area contributed by atoms with Crippen LogP contribution in [0.25, 0.3) is 11.1 Å². The third-order valence-electron chi connectivity index (χ3n) is 3.79. The fraction of sp³-hybridized carbons (Fsp3) is 0.100. The first-order chi connectivity index (χ1) is 11.5. The molecular weight excluding hydrogens is 313 g/mol. The summed E-state index contributed by atoms with van der Waals surface area (Å²) in [4.78, 5) is 0.